The van der Waals surface area contributed by atoms with Gasteiger partial charge in [-0.25, -0.2) is 0 Å². The van der Waals surface area contributed by atoms with Crippen LogP contribution in [0, 0.1) is 0 Å². The number of benzene rings is 1. The minimum absolute atomic E-state index is 0. The van der Waals surface area contributed by atoms with E-state index in [1.165, 1.54) is 5.56 Å². The second kappa shape index (κ2) is 9.36. The maximum absolute atomic E-state index is 12.3. The van der Waals surface area contributed by atoms with Crippen LogP contribution in [0.15, 0.2) is 30.3 Å². The number of rotatable bonds is 3. The van der Waals surface area contributed by atoms with Crippen LogP contribution in [-0.4, -0.2) is 54.5 Å². The van der Waals surface area contributed by atoms with Crippen molar-refractivity contribution in [2.75, 3.05) is 32.7 Å². The number of carbonyl (C=O) groups excluding carboxylic acids is 1. The molecule has 1 amide bonds. The lowest BCUT2D eigenvalue weighted by Crippen LogP contribution is -2.52. The molecule has 2 aliphatic rings. The molecule has 4 nitrogen and oxygen atoms in total. The summed E-state index contributed by atoms with van der Waals surface area (Å²) in [6, 6.07) is 10.6. The highest BCUT2D eigenvalue weighted by atomic mass is 35.5. The first-order valence-electron chi connectivity index (χ1n) is 7.61. The summed E-state index contributed by atoms with van der Waals surface area (Å²) in [4.78, 5) is 16.8. The van der Waals surface area contributed by atoms with Crippen LogP contribution in [-0.2, 0) is 11.3 Å². The molecule has 2 aliphatic heterocycles. The van der Waals surface area contributed by atoms with Gasteiger partial charge in [0, 0.05) is 32.7 Å². The third kappa shape index (κ3) is 4.85. The number of piperazine rings is 1. The zero-order valence-corrected chi connectivity index (χ0v) is 14.4. The van der Waals surface area contributed by atoms with Gasteiger partial charge in [-0.05, 0) is 24.9 Å². The number of nitrogens with one attached hydrogen (secondary N) is 1. The van der Waals surface area contributed by atoms with Crippen molar-refractivity contribution in [1.82, 2.24) is 15.1 Å². The summed E-state index contributed by atoms with van der Waals surface area (Å²) in [5.74, 6) is 0.307. The summed E-state index contributed by atoms with van der Waals surface area (Å²) in [5.41, 5.74) is 1.35. The molecule has 0 unspecified atom stereocenters. The topological polar surface area (TPSA) is 35.6 Å². The van der Waals surface area contributed by atoms with Gasteiger partial charge < -0.3 is 10.2 Å². The highest BCUT2D eigenvalue weighted by Crippen LogP contribution is 2.12. The number of hydrogen-bond donors (Lipinski definition) is 1. The van der Waals surface area contributed by atoms with Crippen molar-refractivity contribution < 1.29 is 4.79 Å². The van der Waals surface area contributed by atoms with E-state index in [0.717, 1.165) is 52.1 Å². The molecule has 22 heavy (non-hydrogen) atoms. The normalized spacial score (nSPS) is 21.8. The van der Waals surface area contributed by atoms with Crippen LogP contribution in [0.25, 0.3) is 0 Å². The summed E-state index contributed by atoms with van der Waals surface area (Å²) in [5, 5.41) is 3.30. The van der Waals surface area contributed by atoms with E-state index >= 15 is 0 Å². The predicted octanol–water partition coefficient (Wildman–Crippen LogP) is 1.93. The molecule has 2 fully saturated rings. The zero-order chi connectivity index (χ0) is 13.8. The van der Waals surface area contributed by atoms with E-state index in [1.807, 2.05) is 4.90 Å². The van der Waals surface area contributed by atoms with Gasteiger partial charge in [0.25, 0.3) is 0 Å². The molecule has 1 aromatic carbocycles. The Kier molecular flexibility index (Phi) is 8.18. The molecular weight excluding hydrogens is 321 g/mol. The quantitative estimate of drug-likeness (QED) is 0.909. The molecule has 3 rings (SSSR count). The molecule has 6 heteroatoms. The maximum atomic E-state index is 12.3. The Morgan fingerprint density at radius 3 is 2.36 bits per heavy atom. The van der Waals surface area contributed by atoms with E-state index in [2.05, 4.69) is 40.5 Å². The Bertz CT molecular complexity index is 444. The van der Waals surface area contributed by atoms with E-state index in [-0.39, 0.29) is 30.9 Å². The average molecular weight is 346 g/mol. The molecule has 1 N–H and O–H groups in total. The highest BCUT2D eigenvalue weighted by Gasteiger charge is 2.28. The Morgan fingerprint density at radius 2 is 1.77 bits per heavy atom. The first-order valence-corrected chi connectivity index (χ1v) is 7.61. The fraction of sp³-hybridized carbons (Fsp3) is 0.562. The van der Waals surface area contributed by atoms with Crippen molar-refractivity contribution >= 4 is 30.7 Å². The molecule has 2 heterocycles. The van der Waals surface area contributed by atoms with Crippen molar-refractivity contribution in [2.24, 2.45) is 0 Å². The average Bonchev–Trinajstić information content (AvgIpc) is 3.03. The van der Waals surface area contributed by atoms with Gasteiger partial charge in [0.1, 0.15) is 0 Å². The molecule has 0 aromatic heterocycles. The largest absolute Gasteiger partial charge is 0.339 e. The van der Waals surface area contributed by atoms with Crippen LogP contribution in [0.1, 0.15) is 18.4 Å². The first-order chi connectivity index (χ1) is 9.83. The maximum Gasteiger partial charge on any atom is 0.239 e. The van der Waals surface area contributed by atoms with Crippen molar-refractivity contribution in [3.63, 3.8) is 0 Å². The molecule has 0 spiro atoms. The van der Waals surface area contributed by atoms with Crippen molar-refractivity contribution in [3.8, 4) is 0 Å². The third-order valence-electron chi connectivity index (χ3n) is 4.29. The molecule has 0 radical (unpaired) electrons. The minimum atomic E-state index is 0. The van der Waals surface area contributed by atoms with Gasteiger partial charge in [-0.2, -0.15) is 0 Å². The van der Waals surface area contributed by atoms with Gasteiger partial charge in [0.15, 0.2) is 0 Å². The van der Waals surface area contributed by atoms with Gasteiger partial charge in [0.05, 0.1) is 6.04 Å². The van der Waals surface area contributed by atoms with E-state index in [9.17, 15) is 4.79 Å². The lowest BCUT2D eigenvalue weighted by atomic mass is 10.1. The molecular formula is C16H25Cl2N3O. The SMILES string of the molecule is Cl.Cl.O=C([C@@H]1CCCN1)N1CCN(Cc2ccccc2)CC1. The van der Waals surface area contributed by atoms with E-state index in [1.54, 1.807) is 0 Å². The first kappa shape index (κ1) is 19.2. The molecule has 2 saturated heterocycles. The molecule has 0 bridgehead atoms. The summed E-state index contributed by atoms with van der Waals surface area (Å²) in [6.45, 7) is 5.67. The monoisotopic (exact) mass is 345 g/mol. The van der Waals surface area contributed by atoms with Gasteiger partial charge in [0.2, 0.25) is 5.91 Å². The van der Waals surface area contributed by atoms with Crippen LogP contribution >= 0.6 is 24.8 Å². The van der Waals surface area contributed by atoms with Crippen LogP contribution in [0.5, 0.6) is 0 Å². The standard InChI is InChI=1S/C16H23N3O.2ClH/c20-16(15-7-4-8-17-15)19-11-9-18(10-12-19)13-14-5-2-1-3-6-14;;/h1-3,5-6,15,17H,4,7-13H2;2*1H/t15-;;/m0../s1. The van der Waals surface area contributed by atoms with E-state index < -0.39 is 0 Å². The number of nitrogens with zero attached hydrogens (tertiary/aromatic N) is 2. The van der Waals surface area contributed by atoms with Crippen LogP contribution in [0.3, 0.4) is 0 Å². The molecule has 1 aromatic rings. The smallest absolute Gasteiger partial charge is 0.239 e. The number of carbonyl (C=O) groups is 1. The van der Waals surface area contributed by atoms with Crippen molar-refractivity contribution in [2.45, 2.75) is 25.4 Å². The summed E-state index contributed by atoms with van der Waals surface area (Å²) in [7, 11) is 0. The van der Waals surface area contributed by atoms with Gasteiger partial charge in [-0.3, -0.25) is 9.69 Å². The minimum Gasteiger partial charge on any atom is -0.339 e. The lowest BCUT2D eigenvalue weighted by molar-refractivity contribution is -0.134. The Balaban J connectivity index is 0.00000121. The lowest BCUT2D eigenvalue weighted by Gasteiger charge is -2.36. The molecule has 0 aliphatic carbocycles. The van der Waals surface area contributed by atoms with Gasteiger partial charge in [-0.1, -0.05) is 30.3 Å². The Morgan fingerprint density at radius 1 is 1.09 bits per heavy atom. The fourth-order valence-electron chi connectivity index (χ4n) is 3.08. The zero-order valence-electron chi connectivity index (χ0n) is 12.7. The number of amides is 1. The number of hydrogen-bond acceptors (Lipinski definition) is 3. The predicted molar refractivity (Wildman–Crippen MR) is 93.8 cm³/mol. The molecule has 1 atom stereocenters. The van der Waals surface area contributed by atoms with Gasteiger partial charge >= 0.3 is 0 Å². The van der Waals surface area contributed by atoms with E-state index in [4.69, 9.17) is 0 Å². The summed E-state index contributed by atoms with van der Waals surface area (Å²) >= 11 is 0. The van der Waals surface area contributed by atoms with E-state index in [0.29, 0.717) is 5.91 Å². The summed E-state index contributed by atoms with van der Waals surface area (Å²) in [6.07, 6.45) is 2.13. The third-order valence-corrected chi connectivity index (χ3v) is 4.29. The van der Waals surface area contributed by atoms with Crippen LogP contribution < -0.4 is 5.32 Å². The van der Waals surface area contributed by atoms with Crippen LogP contribution in [0.2, 0.25) is 0 Å². The Labute approximate surface area is 145 Å². The highest BCUT2D eigenvalue weighted by molar-refractivity contribution is 5.85. The molecule has 124 valence electrons. The second-order valence-corrected chi connectivity index (χ2v) is 5.74. The van der Waals surface area contributed by atoms with Crippen molar-refractivity contribution in [3.05, 3.63) is 35.9 Å². The van der Waals surface area contributed by atoms with Gasteiger partial charge in [-0.15, -0.1) is 24.8 Å². The fourth-order valence-corrected chi connectivity index (χ4v) is 3.08. The molecule has 0 saturated carbocycles. The second-order valence-electron chi connectivity index (χ2n) is 5.74. The summed E-state index contributed by atoms with van der Waals surface area (Å²) < 4.78 is 0. The van der Waals surface area contributed by atoms with Crippen molar-refractivity contribution in [1.29, 1.82) is 0 Å². The Hall–Kier alpha value is -0.810. The van der Waals surface area contributed by atoms with Crippen LogP contribution in [0.4, 0.5) is 0 Å². The number of halogens is 2.